The number of anilines is 2. The number of amides is 2. The molecule has 7 rings (SSSR count). The van der Waals surface area contributed by atoms with E-state index < -0.39 is 0 Å². The smallest absolute Gasteiger partial charge is 0.253 e. The largest absolute Gasteiger partial charge is 0.493 e. The maximum absolute atomic E-state index is 13.2. The summed E-state index contributed by atoms with van der Waals surface area (Å²) in [7, 11) is 2.16. The van der Waals surface area contributed by atoms with E-state index in [0.29, 0.717) is 36.4 Å². The van der Waals surface area contributed by atoms with Crippen LogP contribution in [-0.4, -0.2) is 79.7 Å². The van der Waals surface area contributed by atoms with E-state index in [1.165, 1.54) is 11.3 Å². The van der Waals surface area contributed by atoms with E-state index in [1.807, 2.05) is 31.2 Å². The number of nitrogens with one attached hydrogen (secondary N) is 2. The highest BCUT2D eigenvalue weighted by Crippen LogP contribution is 2.39. The normalized spacial score (nSPS) is 22.8. The van der Waals surface area contributed by atoms with Crippen LogP contribution in [-0.2, 0) is 13.0 Å². The minimum Gasteiger partial charge on any atom is -0.493 e. The van der Waals surface area contributed by atoms with Gasteiger partial charge in [-0.05, 0) is 81.1 Å². The van der Waals surface area contributed by atoms with Crippen molar-refractivity contribution in [3.63, 3.8) is 0 Å². The fourth-order valence-corrected chi connectivity index (χ4v) is 7.43. The van der Waals surface area contributed by atoms with Crippen molar-refractivity contribution < 1.29 is 14.3 Å². The summed E-state index contributed by atoms with van der Waals surface area (Å²) in [6.07, 6.45) is 6.54. The first-order chi connectivity index (χ1) is 21.4. The topological polar surface area (TPSA) is 90.0 Å². The van der Waals surface area contributed by atoms with Gasteiger partial charge in [-0.3, -0.25) is 9.59 Å². The molecule has 44 heavy (non-hydrogen) atoms. The Kier molecular flexibility index (Phi) is 7.89. The third-order valence-corrected chi connectivity index (χ3v) is 9.95. The third kappa shape index (κ3) is 5.73. The molecule has 3 atom stereocenters. The number of pyridine rings is 1. The third-order valence-electron chi connectivity index (χ3n) is 9.95. The maximum atomic E-state index is 13.2. The van der Waals surface area contributed by atoms with Crippen molar-refractivity contribution in [1.29, 1.82) is 0 Å². The second-order valence-electron chi connectivity index (χ2n) is 12.8. The Hall–Kier alpha value is -4.11. The molecular weight excluding hydrogens is 552 g/mol. The highest BCUT2D eigenvalue weighted by atomic mass is 16.5. The summed E-state index contributed by atoms with van der Waals surface area (Å²) in [6.45, 7) is 7.38. The fourth-order valence-electron chi connectivity index (χ4n) is 7.43. The van der Waals surface area contributed by atoms with E-state index in [9.17, 15) is 9.59 Å². The second kappa shape index (κ2) is 12.1. The van der Waals surface area contributed by atoms with E-state index in [2.05, 4.69) is 56.6 Å². The minimum atomic E-state index is -0.121. The van der Waals surface area contributed by atoms with Gasteiger partial charge in [0.05, 0.1) is 12.2 Å². The fraction of sp³-hybridized carbons (Fsp3) is 0.457. The van der Waals surface area contributed by atoms with Crippen molar-refractivity contribution in [2.75, 3.05) is 49.6 Å². The number of piperidine rings is 1. The number of likely N-dealkylation sites (N-methyl/N-ethyl adjacent to an activating group) is 1. The lowest BCUT2D eigenvalue weighted by Gasteiger charge is -2.40. The zero-order valence-corrected chi connectivity index (χ0v) is 25.7. The summed E-state index contributed by atoms with van der Waals surface area (Å²) < 4.78 is 5.78. The molecule has 0 saturated carbocycles. The highest BCUT2D eigenvalue weighted by molar-refractivity contribution is 5.97. The number of nitrogens with zero attached hydrogens (tertiary/aromatic N) is 4. The van der Waals surface area contributed by atoms with Crippen LogP contribution in [0.1, 0.15) is 63.1 Å². The predicted molar refractivity (Wildman–Crippen MR) is 172 cm³/mol. The molecule has 3 aromatic rings. The molecule has 2 bridgehead atoms. The van der Waals surface area contributed by atoms with E-state index in [-0.39, 0.29) is 17.9 Å². The molecular formula is C35H42N6O3. The molecule has 9 nitrogen and oxygen atoms in total. The predicted octanol–water partition coefficient (Wildman–Crippen LogP) is 3.94. The molecule has 4 aliphatic heterocycles. The lowest BCUT2D eigenvalue weighted by atomic mass is 9.96. The van der Waals surface area contributed by atoms with Crippen molar-refractivity contribution in [3.8, 4) is 5.75 Å². The van der Waals surface area contributed by atoms with Crippen LogP contribution < -0.4 is 25.2 Å². The average Bonchev–Trinajstić information content (AvgIpc) is 3.63. The van der Waals surface area contributed by atoms with E-state index in [0.717, 1.165) is 81.0 Å². The molecule has 9 heteroatoms. The number of hydrogen-bond acceptors (Lipinski definition) is 7. The van der Waals surface area contributed by atoms with Crippen molar-refractivity contribution >= 4 is 23.3 Å². The molecule has 3 fully saturated rings. The Balaban J connectivity index is 0.922. The summed E-state index contributed by atoms with van der Waals surface area (Å²) in [5.41, 5.74) is 5.70. The van der Waals surface area contributed by atoms with Crippen LogP contribution in [0, 0.1) is 6.92 Å². The van der Waals surface area contributed by atoms with Crippen LogP contribution in [0.5, 0.6) is 5.75 Å². The van der Waals surface area contributed by atoms with Gasteiger partial charge >= 0.3 is 0 Å². The van der Waals surface area contributed by atoms with Gasteiger partial charge < -0.3 is 30.1 Å². The molecule has 1 aromatic heterocycles. The molecule has 2 N–H and O–H groups in total. The Bertz CT molecular complexity index is 1500. The Labute approximate surface area is 259 Å². The summed E-state index contributed by atoms with van der Waals surface area (Å²) in [6, 6.07) is 17.1. The van der Waals surface area contributed by atoms with Gasteiger partial charge in [-0.15, -0.1) is 0 Å². The van der Waals surface area contributed by atoms with Crippen molar-refractivity contribution in [2.24, 2.45) is 0 Å². The molecule has 2 amide bonds. The summed E-state index contributed by atoms with van der Waals surface area (Å²) in [5.74, 6) is 1.65. The Morgan fingerprint density at radius 3 is 2.39 bits per heavy atom. The molecule has 2 aromatic carbocycles. The standard InChI is InChI=1S/C35H42N6O3/c1-23-31(11-5-25-13-18-44-33(23)25)35(43)38-27-19-29-9-10-30(20-27)41(29)32-12-6-26(22-36-32)34(42)37-21-24-3-7-28(8-4-24)40-16-14-39(2)15-17-40/h3-8,11-12,22,27,29-30H,9-10,13-21H2,1-2H3,(H,37,42)(H,38,43)/t27-,29+,30-. The van der Waals surface area contributed by atoms with Gasteiger partial charge in [0.25, 0.3) is 11.8 Å². The monoisotopic (exact) mass is 594 g/mol. The van der Waals surface area contributed by atoms with Crippen molar-refractivity contribution in [3.05, 3.63) is 82.5 Å². The summed E-state index contributed by atoms with van der Waals surface area (Å²) >= 11 is 0. The summed E-state index contributed by atoms with van der Waals surface area (Å²) in [5, 5.41) is 6.36. The van der Waals surface area contributed by atoms with Gasteiger partial charge in [0.1, 0.15) is 11.6 Å². The van der Waals surface area contributed by atoms with Gasteiger partial charge in [0.2, 0.25) is 0 Å². The van der Waals surface area contributed by atoms with E-state index >= 15 is 0 Å². The molecule has 4 aliphatic rings. The lowest BCUT2D eigenvalue weighted by Crippen LogP contribution is -2.50. The molecule has 0 radical (unpaired) electrons. The number of ether oxygens (including phenoxy) is 1. The van der Waals surface area contributed by atoms with Crippen LogP contribution in [0.2, 0.25) is 0 Å². The van der Waals surface area contributed by atoms with Gasteiger partial charge in [-0.2, -0.15) is 0 Å². The van der Waals surface area contributed by atoms with E-state index in [4.69, 9.17) is 9.72 Å². The Morgan fingerprint density at radius 1 is 0.932 bits per heavy atom. The number of benzene rings is 2. The van der Waals surface area contributed by atoms with Crippen LogP contribution in [0.25, 0.3) is 0 Å². The number of fused-ring (bicyclic) bond motifs is 3. The quantitative estimate of drug-likeness (QED) is 0.429. The van der Waals surface area contributed by atoms with Gasteiger partial charge in [-0.25, -0.2) is 4.98 Å². The Morgan fingerprint density at radius 2 is 1.68 bits per heavy atom. The number of piperazine rings is 1. The first-order valence-corrected chi connectivity index (χ1v) is 16.0. The van der Waals surface area contributed by atoms with E-state index in [1.54, 1.807) is 6.20 Å². The van der Waals surface area contributed by atoms with Crippen LogP contribution >= 0.6 is 0 Å². The van der Waals surface area contributed by atoms with Gasteiger partial charge in [0.15, 0.2) is 0 Å². The maximum Gasteiger partial charge on any atom is 0.253 e. The van der Waals surface area contributed by atoms with Crippen molar-refractivity contribution in [1.82, 2.24) is 20.5 Å². The first kappa shape index (κ1) is 28.6. The SMILES string of the molecule is Cc1c(C(=O)N[C@H]2C[C@H]3CC[C@@H](C2)N3c2ccc(C(=O)NCc3ccc(N4CCN(C)CC4)cc3)cn2)ccc2c1OCC2. The van der Waals surface area contributed by atoms with Crippen LogP contribution in [0.15, 0.2) is 54.7 Å². The minimum absolute atomic E-state index is 0.0156. The number of aromatic nitrogens is 1. The lowest BCUT2D eigenvalue weighted by molar-refractivity contribution is 0.0923. The number of carbonyl (C=O) groups is 2. The van der Waals surface area contributed by atoms with Crippen LogP contribution in [0.4, 0.5) is 11.5 Å². The van der Waals surface area contributed by atoms with Crippen molar-refractivity contribution in [2.45, 2.75) is 63.7 Å². The highest BCUT2D eigenvalue weighted by Gasteiger charge is 2.42. The van der Waals surface area contributed by atoms with Gasteiger partial charge in [0, 0.05) is 80.3 Å². The molecule has 0 aliphatic carbocycles. The summed E-state index contributed by atoms with van der Waals surface area (Å²) in [4.78, 5) is 38.0. The molecule has 5 heterocycles. The zero-order valence-electron chi connectivity index (χ0n) is 25.7. The second-order valence-corrected chi connectivity index (χ2v) is 12.8. The van der Waals surface area contributed by atoms with Gasteiger partial charge in [-0.1, -0.05) is 18.2 Å². The average molecular weight is 595 g/mol. The van der Waals surface area contributed by atoms with Crippen LogP contribution in [0.3, 0.4) is 0 Å². The first-order valence-electron chi connectivity index (χ1n) is 16.0. The number of rotatable bonds is 7. The number of hydrogen-bond donors (Lipinski definition) is 2. The number of carbonyl (C=O) groups excluding carboxylic acids is 2. The molecule has 0 spiro atoms. The zero-order chi connectivity index (χ0) is 30.2. The molecule has 230 valence electrons. The molecule has 0 unspecified atom stereocenters. The molecule has 3 saturated heterocycles.